The lowest BCUT2D eigenvalue weighted by Crippen LogP contribution is -2.49. The number of amides is 2. The molecule has 0 atom stereocenters. The van der Waals surface area contributed by atoms with Gasteiger partial charge in [0, 0.05) is 44.5 Å². The van der Waals surface area contributed by atoms with Crippen molar-refractivity contribution in [1.29, 1.82) is 0 Å². The monoisotopic (exact) mass is 385 g/mol. The van der Waals surface area contributed by atoms with E-state index < -0.39 is 0 Å². The first-order valence-corrected chi connectivity index (χ1v) is 9.26. The number of nitrogens with one attached hydrogen (secondary N) is 1. The summed E-state index contributed by atoms with van der Waals surface area (Å²) in [6.07, 6.45) is 0. The third-order valence-electron chi connectivity index (χ3n) is 4.83. The van der Waals surface area contributed by atoms with Crippen LogP contribution in [-0.2, 0) is 6.54 Å². The van der Waals surface area contributed by atoms with Gasteiger partial charge < -0.3 is 24.4 Å². The number of hydrogen-bond donors (Lipinski definition) is 1. The van der Waals surface area contributed by atoms with Crippen molar-refractivity contribution < 1.29 is 19.0 Å². The highest BCUT2D eigenvalue weighted by Crippen LogP contribution is 2.28. The number of rotatable bonds is 6. The van der Waals surface area contributed by atoms with E-state index in [4.69, 9.17) is 14.2 Å². The molecule has 0 unspecified atom stereocenters. The molecule has 28 heavy (non-hydrogen) atoms. The molecule has 1 N–H and O–H groups in total. The highest BCUT2D eigenvalue weighted by molar-refractivity contribution is 5.89. The van der Waals surface area contributed by atoms with Crippen LogP contribution in [0, 0.1) is 0 Å². The van der Waals surface area contributed by atoms with Crippen LogP contribution < -0.4 is 19.5 Å². The van der Waals surface area contributed by atoms with E-state index in [9.17, 15) is 4.79 Å². The minimum atomic E-state index is -0.0842. The number of piperazine rings is 1. The second-order valence-electron chi connectivity index (χ2n) is 6.61. The maximum absolute atomic E-state index is 12.5. The molecular formula is C21H27N3O4. The van der Waals surface area contributed by atoms with E-state index in [0.29, 0.717) is 13.1 Å². The van der Waals surface area contributed by atoms with E-state index >= 15 is 0 Å². The second kappa shape index (κ2) is 9.32. The standard InChI is InChI=1S/C21H27N3O4/c1-26-18-6-4-5-17(14-18)22-21(25)24-11-9-23(10-12-24)15-16-7-8-19(27-2)20(13-16)28-3/h4-8,13-14H,9-12,15H2,1-3H3,(H,22,25). The Hall–Kier alpha value is -2.93. The van der Waals surface area contributed by atoms with E-state index in [1.165, 1.54) is 0 Å². The molecule has 2 aromatic carbocycles. The maximum atomic E-state index is 12.5. The molecule has 3 rings (SSSR count). The average Bonchev–Trinajstić information content (AvgIpc) is 2.74. The molecule has 7 heteroatoms. The molecule has 1 saturated heterocycles. The number of hydrogen-bond acceptors (Lipinski definition) is 5. The molecule has 1 heterocycles. The van der Waals surface area contributed by atoms with Crippen molar-refractivity contribution >= 4 is 11.7 Å². The Labute approximate surface area is 165 Å². The number of benzene rings is 2. The molecule has 150 valence electrons. The van der Waals surface area contributed by atoms with Crippen LogP contribution in [0.15, 0.2) is 42.5 Å². The van der Waals surface area contributed by atoms with Gasteiger partial charge in [-0.3, -0.25) is 4.90 Å². The summed E-state index contributed by atoms with van der Waals surface area (Å²) in [7, 11) is 4.88. The fraction of sp³-hybridized carbons (Fsp3) is 0.381. The molecule has 0 saturated carbocycles. The predicted molar refractivity (Wildman–Crippen MR) is 108 cm³/mol. The first-order chi connectivity index (χ1) is 13.6. The molecule has 2 amide bonds. The van der Waals surface area contributed by atoms with Crippen LogP contribution in [0.2, 0.25) is 0 Å². The Morgan fingerprint density at radius 1 is 0.929 bits per heavy atom. The quantitative estimate of drug-likeness (QED) is 0.828. The van der Waals surface area contributed by atoms with Crippen LogP contribution in [0.3, 0.4) is 0 Å². The highest BCUT2D eigenvalue weighted by atomic mass is 16.5. The summed E-state index contributed by atoms with van der Waals surface area (Å²) in [6.45, 7) is 3.82. The van der Waals surface area contributed by atoms with E-state index in [0.717, 1.165) is 48.1 Å². The van der Waals surface area contributed by atoms with Gasteiger partial charge in [-0.25, -0.2) is 4.79 Å². The number of anilines is 1. The normalized spacial score (nSPS) is 14.5. The van der Waals surface area contributed by atoms with Crippen LogP contribution in [0.25, 0.3) is 0 Å². The van der Waals surface area contributed by atoms with Crippen LogP contribution in [0.1, 0.15) is 5.56 Å². The molecule has 0 spiro atoms. The molecule has 0 aliphatic carbocycles. The number of carbonyl (C=O) groups excluding carboxylic acids is 1. The highest BCUT2D eigenvalue weighted by Gasteiger charge is 2.21. The first kappa shape index (κ1) is 19.8. The van der Waals surface area contributed by atoms with Gasteiger partial charge in [0.05, 0.1) is 21.3 Å². The molecule has 0 radical (unpaired) electrons. The Morgan fingerprint density at radius 2 is 1.68 bits per heavy atom. The molecule has 0 bridgehead atoms. The van der Waals surface area contributed by atoms with Crippen LogP contribution in [-0.4, -0.2) is 63.3 Å². The summed E-state index contributed by atoms with van der Waals surface area (Å²) < 4.78 is 15.9. The molecule has 2 aromatic rings. The predicted octanol–water partition coefficient (Wildman–Crippen LogP) is 3.06. The average molecular weight is 385 g/mol. The van der Waals surface area contributed by atoms with Crippen molar-refractivity contribution in [2.75, 3.05) is 52.8 Å². The molecule has 0 aromatic heterocycles. The van der Waals surface area contributed by atoms with Gasteiger partial charge in [0.2, 0.25) is 0 Å². The van der Waals surface area contributed by atoms with Gasteiger partial charge in [-0.05, 0) is 29.8 Å². The van der Waals surface area contributed by atoms with Gasteiger partial charge >= 0.3 is 6.03 Å². The van der Waals surface area contributed by atoms with E-state index in [1.807, 2.05) is 47.4 Å². The van der Waals surface area contributed by atoms with Gasteiger partial charge in [0.15, 0.2) is 11.5 Å². The lowest BCUT2D eigenvalue weighted by molar-refractivity contribution is 0.143. The number of methoxy groups -OCH3 is 3. The van der Waals surface area contributed by atoms with Gasteiger partial charge in [-0.15, -0.1) is 0 Å². The zero-order valence-corrected chi connectivity index (χ0v) is 16.6. The zero-order chi connectivity index (χ0) is 19.9. The smallest absolute Gasteiger partial charge is 0.321 e. The fourth-order valence-corrected chi connectivity index (χ4v) is 3.25. The molecule has 7 nitrogen and oxygen atoms in total. The Morgan fingerprint density at radius 3 is 2.36 bits per heavy atom. The topological polar surface area (TPSA) is 63.3 Å². The van der Waals surface area contributed by atoms with Crippen LogP contribution >= 0.6 is 0 Å². The first-order valence-electron chi connectivity index (χ1n) is 9.26. The maximum Gasteiger partial charge on any atom is 0.321 e. The van der Waals surface area contributed by atoms with Crippen molar-refractivity contribution in [2.45, 2.75) is 6.54 Å². The van der Waals surface area contributed by atoms with Crippen molar-refractivity contribution in [3.63, 3.8) is 0 Å². The fourth-order valence-electron chi connectivity index (χ4n) is 3.25. The summed E-state index contributed by atoms with van der Waals surface area (Å²) in [6, 6.07) is 13.3. The summed E-state index contributed by atoms with van der Waals surface area (Å²) in [5.74, 6) is 2.18. The molecule has 1 fully saturated rings. The SMILES string of the molecule is COc1cccc(NC(=O)N2CCN(Cc3ccc(OC)c(OC)c3)CC2)c1. The van der Waals surface area contributed by atoms with Gasteiger partial charge in [0.25, 0.3) is 0 Å². The molecule has 1 aliphatic rings. The lowest BCUT2D eigenvalue weighted by atomic mass is 10.1. The minimum Gasteiger partial charge on any atom is -0.497 e. The zero-order valence-electron chi connectivity index (χ0n) is 16.6. The van der Waals surface area contributed by atoms with Crippen molar-refractivity contribution in [3.8, 4) is 17.2 Å². The summed E-state index contributed by atoms with van der Waals surface area (Å²) in [4.78, 5) is 16.7. The van der Waals surface area contributed by atoms with E-state index in [1.54, 1.807) is 21.3 Å². The van der Waals surface area contributed by atoms with Crippen LogP contribution in [0.5, 0.6) is 17.2 Å². The van der Waals surface area contributed by atoms with Gasteiger partial charge in [0.1, 0.15) is 5.75 Å². The van der Waals surface area contributed by atoms with Crippen molar-refractivity contribution in [1.82, 2.24) is 9.80 Å². The van der Waals surface area contributed by atoms with E-state index in [2.05, 4.69) is 10.2 Å². The summed E-state index contributed by atoms with van der Waals surface area (Å²) >= 11 is 0. The van der Waals surface area contributed by atoms with Gasteiger partial charge in [-0.1, -0.05) is 12.1 Å². The molecule has 1 aliphatic heterocycles. The Balaban J connectivity index is 1.52. The third-order valence-corrected chi connectivity index (χ3v) is 4.83. The second-order valence-corrected chi connectivity index (χ2v) is 6.61. The Bertz CT molecular complexity index is 804. The number of ether oxygens (including phenoxy) is 3. The van der Waals surface area contributed by atoms with Crippen LogP contribution in [0.4, 0.5) is 10.5 Å². The number of nitrogens with zero attached hydrogens (tertiary/aromatic N) is 2. The number of urea groups is 1. The molecular weight excluding hydrogens is 358 g/mol. The largest absolute Gasteiger partial charge is 0.497 e. The summed E-state index contributed by atoms with van der Waals surface area (Å²) in [5.41, 5.74) is 1.89. The third kappa shape index (κ3) is 4.86. The lowest BCUT2D eigenvalue weighted by Gasteiger charge is -2.34. The van der Waals surface area contributed by atoms with Gasteiger partial charge in [-0.2, -0.15) is 0 Å². The number of carbonyl (C=O) groups is 1. The van der Waals surface area contributed by atoms with E-state index in [-0.39, 0.29) is 6.03 Å². The van der Waals surface area contributed by atoms with Crippen molar-refractivity contribution in [2.24, 2.45) is 0 Å². The van der Waals surface area contributed by atoms with Crippen molar-refractivity contribution in [3.05, 3.63) is 48.0 Å². The summed E-state index contributed by atoms with van der Waals surface area (Å²) in [5, 5.41) is 2.94. The minimum absolute atomic E-state index is 0.0842. The Kier molecular flexibility index (Phi) is 6.60.